The van der Waals surface area contributed by atoms with E-state index in [1.54, 1.807) is 4.90 Å². The normalized spacial score (nSPS) is 11.2. The van der Waals surface area contributed by atoms with E-state index in [9.17, 15) is 9.59 Å². The molecule has 0 rings (SSSR count). The number of carbonyl (C=O) groups is 2. The van der Waals surface area contributed by atoms with Gasteiger partial charge in [0.25, 0.3) is 0 Å². The number of carbonyl (C=O) groups excluding carboxylic acids is 2. The van der Waals surface area contributed by atoms with Crippen LogP contribution in [0.1, 0.15) is 40.5 Å². The van der Waals surface area contributed by atoms with Gasteiger partial charge in [0.1, 0.15) is 5.78 Å². The van der Waals surface area contributed by atoms with Gasteiger partial charge in [-0.1, -0.05) is 27.7 Å². The van der Waals surface area contributed by atoms with Gasteiger partial charge in [-0.2, -0.15) is 0 Å². The molecule has 0 aromatic carbocycles. The minimum Gasteiger partial charge on any atom is -0.379 e. The molecule has 0 spiro atoms. The Morgan fingerprint density at radius 2 is 1.43 bits per heavy atom. The van der Waals surface area contributed by atoms with Gasteiger partial charge >= 0.3 is 0 Å². The Morgan fingerprint density at radius 1 is 0.905 bits per heavy atom. The van der Waals surface area contributed by atoms with E-state index in [0.717, 1.165) is 6.54 Å². The smallest absolute Gasteiger partial charge is 0.224 e. The van der Waals surface area contributed by atoms with Crippen molar-refractivity contribution < 1.29 is 19.1 Å². The van der Waals surface area contributed by atoms with Crippen LogP contribution in [0.2, 0.25) is 0 Å². The zero-order valence-corrected chi connectivity index (χ0v) is 14.2. The first-order valence-electron chi connectivity index (χ1n) is 7.76. The Labute approximate surface area is 129 Å². The molecule has 124 valence electrons. The molecule has 0 N–H and O–H groups in total. The molecule has 5 nitrogen and oxygen atoms in total. The average Bonchev–Trinajstić information content (AvgIpc) is 2.40. The van der Waals surface area contributed by atoms with E-state index in [1.807, 2.05) is 20.9 Å². The summed E-state index contributed by atoms with van der Waals surface area (Å²) in [6.07, 6.45) is 0.852. The van der Waals surface area contributed by atoms with Gasteiger partial charge in [-0.3, -0.25) is 9.59 Å². The van der Waals surface area contributed by atoms with Crippen LogP contribution in [-0.4, -0.2) is 56.6 Å². The fraction of sp³-hybridized carbons (Fsp3) is 0.875. The molecular weight excluding hydrogens is 270 g/mol. The van der Waals surface area contributed by atoms with Gasteiger partial charge in [0.2, 0.25) is 5.91 Å². The predicted octanol–water partition coefficient (Wildman–Crippen LogP) is 2.14. The summed E-state index contributed by atoms with van der Waals surface area (Å²) in [5.41, 5.74) is 0. The molecule has 0 bridgehead atoms. The van der Waals surface area contributed by atoms with Crippen LogP contribution in [0.4, 0.5) is 0 Å². The first kappa shape index (κ1) is 20.1. The van der Waals surface area contributed by atoms with E-state index in [2.05, 4.69) is 13.8 Å². The van der Waals surface area contributed by atoms with Gasteiger partial charge in [-0.15, -0.1) is 0 Å². The number of amides is 1. The summed E-state index contributed by atoms with van der Waals surface area (Å²) in [5.74, 6) is 0.863. The van der Waals surface area contributed by atoms with Crippen molar-refractivity contribution in [3.05, 3.63) is 0 Å². The van der Waals surface area contributed by atoms with Crippen LogP contribution in [0.25, 0.3) is 0 Å². The van der Waals surface area contributed by atoms with Crippen LogP contribution < -0.4 is 0 Å². The minimum atomic E-state index is 0.0682. The summed E-state index contributed by atoms with van der Waals surface area (Å²) < 4.78 is 10.7. The topological polar surface area (TPSA) is 55.8 Å². The molecule has 0 radical (unpaired) electrons. The third-order valence-corrected chi connectivity index (χ3v) is 3.03. The Morgan fingerprint density at radius 3 is 1.90 bits per heavy atom. The molecule has 1 amide bonds. The van der Waals surface area contributed by atoms with Gasteiger partial charge in [0.05, 0.1) is 32.8 Å². The Kier molecular flexibility index (Phi) is 11.2. The number of ether oxygens (including phenoxy) is 2. The highest BCUT2D eigenvalue weighted by atomic mass is 16.5. The molecule has 0 saturated heterocycles. The lowest BCUT2D eigenvalue weighted by Gasteiger charge is -2.19. The van der Waals surface area contributed by atoms with E-state index in [-0.39, 0.29) is 17.6 Å². The van der Waals surface area contributed by atoms with E-state index in [1.165, 1.54) is 0 Å². The van der Waals surface area contributed by atoms with Crippen LogP contribution in [0.5, 0.6) is 0 Å². The first-order chi connectivity index (χ1) is 9.84. The van der Waals surface area contributed by atoms with Crippen LogP contribution in [0.15, 0.2) is 0 Å². The molecule has 0 aromatic heterocycles. The number of rotatable bonds is 12. The molecular formula is C16H31NO4. The Bertz CT molecular complexity index is 303. The van der Waals surface area contributed by atoms with E-state index in [4.69, 9.17) is 9.47 Å². The van der Waals surface area contributed by atoms with Crippen molar-refractivity contribution in [2.75, 3.05) is 40.0 Å². The van der Waals surface area contributed by atoms with Crippen LogP contribution in [-0.2, 0) is 19.1 Å². The summed E-state index contributed by atoms with van der Waals surface area (Å²) >= 11 is 0. The van der Waals surface area contributed by atoms with Crippen molar-refractivity contribution in [1.29, 1.82) is 0 Å². The Hall–Kier alpha value is -0.940. The number of hydrogen-bond donors (Lipinski definition) is 0. The fourth-order valence-electron chi connectivity index (χ4n) is 1.78. The molecule has 0 unspecified atom stereocenters. The fourth-order valence-corrected chi connectivity index (χ4v) is 1.78. The summed E-state index contributed by atoms with van der Waals surface area (Å²) in [4.78, 5) is 24.8. The molecule has 0 aromatic rings. The largest absolute Gasteiger partial charge is 0.379 e. The van der Waals surface area contributed by atoms with Crippen molar-refractivity contribution in [2.45, 2.75) is 40.5 Å². The van der Waals surface area contributed by atoms with Gasteiger partial charge in [-0.05, 0) is 5.92 Å². The number of ketones is 1. The van der Waals surface area contributed by atoms with Gasteiger partial charge in [0.15, 0.2) is 0 Å². The SMILES string of the molecule is CC(C)CN(C)C(=O)CCOCCOCCC(=O)C(C)C. The van der Waals surface area contributed by atoms with E-state index in [0.29, 0.717) is 45.2 Å². The molecule has 0 saturated carbocycles. The monoisotopic (exact) mass is 301 g/mol. The molecule has 0 aliphatic carbocycles. The molecule has 5 heteroatoms. The van der Waals surface area contributed by atoms with Gasteiger partial charge in [-0.25, -0.2) is 0 Å². The Balaban J connectivity index is 3.44. The second-order valence-corrected chi connectivity index (χ2v) is 6.01. The maximum absolute atomic E-state index is 11.7. The molecule has 0 aliphatic heterocycles. The maximum Gasteiger partial charge on any atom is 0.224 e. The zero-order valence-electron chi connectivity index (χ0n) is 14.2. The second-order valence-electron chi connectivity index (χ2n) is 6.01. The zero-order chi connectivity index (χ0) is 16.3. The van der Waals surface area contributed by atoms with Crippen LogP contribution in [0.3, 0.4) is 0 Å². The van der Waals surface area contributed by atoms with Gasteiger partial charge < -0.3 is 14.4 Å². The van der Waals surface area contributed by atoms with Crippen LogP contribution >= 0.6 is 0 Å². The molecule has 0 atom stereocenters. The van der Waals surface area contributed by atoms with Crippen LogP contribution in [0, 0.1) is 11.8 Å². The molecule has 21 heavy (non-hydrogen) atoms. The lowest BCUT2D eigenvalue weighted by Crippen LogP contribution is -2.31. The highest BCUT2D eigenvalue weighted by molar-refractivity contribution is 5.80. The number of Topliss-reactive ketones (excluding diaryl/α,β-unsaturated/α-hetero) is 1. The maximum atomic E-state index is 11.7. The van der Waals surface area contributed by atoms with Crippen molar-refractivity contribution in [1.82, 2.24) is 4.90 Å². The minimum absolute atomic E-state index is 0.0682. The number of nitrogens with zero attached hydrogens (tertiary/aromatic N) is 1. The van der Waals surface area contributed by atoms with Gasteiger partial charge in [0, 0.05) is 25.9 Å². The summed E-state index contributed by atoms with van der Waals surface area (Å²) in [6, 6.07) is 0. The lowest BCUT2D eigenvalue weighted by molar-refractivity contribution is -0.131. The van der Waals surface area contributed by atoms with E-state index < -0.39 is 0 Å². The van der Waals surface area contributed by atoms with Crippen molar-refractivity contribution >= 4 is 11.7 Å². The quantitative estimate of drug-likeness (QED) is 0.518. The highest BCUT2D eigenvalue weighted by Crippen LogP contribution is 2.00. The summed E-state index contributed by atoms with van der Waals surface area (Å²) in [6.45, 7) is 10.5. The average molecular weight is 301 g/mol. The number of hydrogen-bond acceptors (Lipinski definition) is 4. The second kappa shape index (κ2) is 11.7. The van der Waals surface area contributed by atoms with Crippen molar-refractivity contribution in [3.63, 3.8) is 0 Å². The molecule has 0 fully saturated rings. The third-order valence-electron chi connectivity index (χ3n) is 3.03. The first-order valence-corrected chi connectivity index (χ1v) is 7.76. The third kappa shape index (κ3) is 11.4. The predicted molar refractivity (Wildman–Crippen MR) is 83.2 cm³/mol. The lowest BCUT2D eigenvalue weighted by atomic mass is 10.1. The highest BCUT2D eigenvalue weighted by Gasteiger charge is 2.09. The summed E-state index contributed by atoms with van der Waals surface area (Å²) in [5, 5.41) is 0. The summed E-state index contributed by atoms with van der Waals surface area (Å²) in [7, 11) is 1.82. The van der Waals surface area contributed by atoms with E-state index >= 15 is 0 Å². The van der Waals surface area contributed by atoms with Crippen molar-refractivity contribution in [2.24, 2.45) is 11.8 Å². The molecule has 0 aliphatic rings. The standard InChI is InChI=1S/C16H31NO4/c1-13(2)12-17(5)16(19)7-9-21-11-10-20-8-6-15(18)14(3)4/h13-14H,6-12H2,1-5H3. The van der Waals surface area contributed by atoms with Crippen molar-refractivity contribution in [3.8, 4) is 0 Å². The molecule has 0 heterocycles.